The first-order valence-electron chi connectivity index (χ1n) is 6.18. The second-order valence-corrected chi connectivity index (χ2v) is 3.77. The van der Waals surface area contributed by atoms with E-state index >= 15 is 0 Å². The van der Waals surface area contributed by atoms with E-state index in [4.69, 9.17) is 4.74 Å². The monoisotopic (exact) mass is 255 g/mol. The van der Waals surface area contributed by atoms with Crippen molar-refractivity contribution in [2.75, 3.05) is 30.8 Å². The predicted octanol–water partition coefficient (Wildman–Crippen LogP) is 0.885. The SMILES string of the molecule is CCCC(O)CNc1nc(NC)nc(OCC)n1. The van der Waals surface area contributed by atoms with Crippen LogP contribution >= 0.6 is 0 Å². The largest absolute Gasteiger partial charge is 0.464 e. The van der Waals surface area contributed by atoms with Gasteiger partial charge in [-0.15, -0.1) is 0 Å². The zero-order valence-corrected chi connectivity index (χ0v) is 11.1. The van der Waals surface area contributed by atoms with E-state index in [-0.39, 0.29) is 6.01 Å². The molecule has 0 aliphatic rings. The zero-order chi connectivity index (χ0) is 13.4. The number of ether oxygens (including phenoxy) is 1. The van der Waals surface area contributed by atoms with Crippen LogP contribution in [0.3, 0.4) is 0 Å². The summed E-state index contributed by atoms with van der Waals surface area (Å²) < 4.78 is 5.24. The van der Waals surface area contributed by atoms with E-state index in [9.17, 15) is 5.11 Å². The molecule has 1 atom stereocenters. The molecule has 7 heteroatoms. The molecular weight excluding hydrogens is 234 g/mol. The van der Waals surface area contributed by atoms with E-state index in [1.54, 1.807) is 7.05 Å². The highest BCUT2D eigenvalue weighted by atomic mass is 16.5. The van der Waals surface area contributed by atoms with Gasteiger partial charge in [-0.05, 0) is 13.3 Å². The fourth-order valence-corrected chi connectivity index (χ4v) is 1.39. The Labute approximate surface area is 107 Å². The number of rotatable bonds is 8. The van der Waals surface area contributed by atoms with E-state index in [1.165, 1.54) is 0 Å². The van der Waals surface area contributed by atoms with Crippen LogP contribution in [0.25, 0.3) is 0 Å². The molecule has 0 radical (unpaired) electrons. The van der Waals surface area contributed by atoms with Gasteiger partial charge in [0.2, 0.25) is 11.9 Å². The maximum atomic E-state index is 9.63. The van der Waals surface area contributed by atoms with Gasteiger partial charge in [0.05, 0.1) is 12.7 Å². The predicted molar refractivity (Wildman–Crippen MR) is 69.9 cm³/mol. The van der Waals surface area contributed by atoms with Crippen molar-refractivity contribution in [3.63, 3.8) is 0 Å². The lowest BCUT2D eigenvalue weighted by Crippen LogP contribution is -2.20. The average molecular weight is 255 g/mol. The molecule has 0 spiro atoms. The highest BCUT2D eigenvalue weighted by Crippen LogP contribution is 2.11. The topological polar surface area (TPSA) is 92.2 Å². The molecule has 3 N–H and O–H groups in total. The summed E-state index contributed by atoms with van der Waals surface area (Å²) in [6.45, 7) is 4.79. The van der Waals surface area contributed by atoms with Gasteiger partial charge in [0.25, 0.3) is 0 Å². The van der Waals surface area contributed by atoms with E-state index in [0.717, 1.165) is 12.8 Å². The zero-order valence-electron chi connectivity index (χ0n) is 11.1. The number of aliphatic hydroxyl groups excluding tert-OH is 1. The molecular formula is C11H21N5O2. The van der Waals surface area contributed by atoms with Gasteiger partial charge >= 0.3 is 6.01 Å². The third-order valence-corrected chi connectivity index (χ3v) is 2.23. The van der Waals surface area contributed by atoms with Gasteiger partial charge in [0.15, 0.2) is 0 Å². The first kappa shape index (κ1) is 14.4. The van der Waals surface area contributed by atoms with Crippen molar-refractivity contribution in [1.82, 2.24) is 15.0 Å². The molecule has 1 aromatic heterocycles. The maximum absolute atomic E-state index is 9.63. The van der Waals surface area contributed by atoms with Gasteiger partial charge in [0.1, 0.15) is 0 Å². The van der Waals surface area contributed by atoms with Gasteiger partial charge in [0, 0.05) is 13.6 Å². The number of hydrogen-bond donors (Lipinski definition) is 3. The summed E-state index contributed by atoms with van der Waals surface area (Å²) in [5.74, 6) is 0.828. The van der Waals surface area contributed by atoms with Crippen LogP contribution in [0.15, 0.2) is 0 Å². The minimum Gasteiger partial charge on any atom is -0.464 e. The summed E-state index contributed by atoms with van der Waals surface area (Å²) in [7, 11) is 1.72. The van der Waals surface area contributed by atoms with Crippen LogP contribution in [0.2, 0.25) is 0 Å². The number of nitrogens with zero attached hydrogens (tertiary/aromatic N) is 3. The van der Waals surface area contributed by atoms with E-state index in [0.29, 0.717) is 25.0 Å². The Morgan fingerprint density at radius 3 is 2.56 bits per heavy atom. The fourth-order valence-electron chi connectivity index (χ4n) is 1.39. The summed E-state index contributed by atoms with van der Waals surface area (Å²) in [4.78, 5) is 12.3. The Hall–Kier alpha value is -1.63. The summed E-state index contributed by atoms with van der Waals surface area (Å²) in [6, 6.07) is 0.268. The Morgan fingerprint density at radius 1 is 1.22 bits per heavy atom. The molecule has 1 heterocycles. The first-order chi connectivity index (χ1) is 8.69. The first-order valence-corrected chi connectivity index (χ1v) is 6.18. The lowest BCUT2D eigenvalue weighted by atomic mass is 10.2. The van der Waals surface area contributed by atoms with Crippen LogP contribution < -0.4 is 15.4 Å². The van der Waals surface area contributed by atoms with E-state index in [1.807, 2.05) is 13.8 Å². The Morgan fingerprint density at radius 2 is 1.94 bits per heavy atom. The second kappa shape index (κ2) is 7.65. The quantitative estimate of drug-likeness (QED) is 0.635. The van der Waals surface area contributed by atoms with Crippen molar-refractivity contribution in [3.8, 4) is 6.01 Å². The molecule has 0 fully saturated rings. The van der Waals surface area contributed by atoms with Gasteiger partial charge < -0.3 is 20.5 Å². The lowest BCUT2D eigenvalue weighted by molar-refractivity contribution is 0.176. The smallest absolute Gasteiger partial charge is 0.323 e. The van der Waals surface area contributed by atoms with Crippen molar-refractivity contribution in [2.24, 2.45) is 0 Å². The highest BCUT2D eigenvalue weighted by molar-refractivity contribution is 5.35. The highest BCUT2D eigenvalue weighted by Gasteiger charge is 2.08. The molecule has 0 amide bonds. The number of aliphatic hydroxyl groups is 1. The normalized spacial score (nSPS) is 12.0. The van der Waals surface area contributed by atoms with Gasteiger partial charge in [-0.3, -0.25) is 0 Å². The minimum atomic E-state index is -0.402. The number of nitrogens with one attached hydrogen (secondary N) is 2. The number of hydrogen-bond acceptors (Lipinski definition) is 7. The van der Waals surface area contributed by atoms with Crippen LogP contribution in [0.5, 0.6) is 6.01 Å². The Bertz CT molecular complexity index is 361. The summed E-state index contributed by atoms with van der Waals surface area (Å²) in [5, 5.41) is 15.4. The summed E-state index contributed by atoms with van der Waals surface area (Å²) >= 11 is 0. The van der Waals surface area contributed by atoms with Crippen LogP contribution in [0.1, 0.15) is 26.7 Å². The third kappa shape index (κ3) is 4.70. The summed E-state index contributed by atoms with van der Waals surface area (Å²) in [6.07, 6.45) is 1.28. The Kier molecular flexibility index (Phi) is 6.13. The van der Waals surface area contributed by atoms with Crippen molar-refractivity contribution in [1.29, 1.82) is 0 Å². The van der Waals surface area contributed by atoms with Gasteiger partial charge in [-0.25, -0.2) is 0 Å². The maximum Gasteiger partial charge on any atom is 0.323 e. The van der Waals surface area contributed by atoms with Crippen molar-refractivity contribution in [2.45, 2.75) is 32.8 Å². The van der Waals surface area contributed by atoms with E-state index in [2.05, 4.69) is 25.6 Å². The molecule has 0 bridgehead atoms. The molecule has 102 valence electrons. The van der Waals surface area contributed by atoms with Gasteiger partial charge in [-0.2, -0.15) is 15.0 Å². The minimum absolute atomic E-state index is 0.268. The summed E-state index contributed by atoms with van der Waals surface area (Å²) in [5.41, 5.74) is 0. The molecule has 0 aliphatic heterocycles. The average Bonchev–Trinajstić information content (AvgIpc) is 2.37. The number of anilines is 2. The van der Waals surface area contributed by atoms with Crippen LogP contribution in [-0.4, -0.2) is 46.4 Å². The standard InChI is InChI=1S/C11H21N5O2/c1-4-6-8(17)7-13-10-14-9(12-3)15-11(16-10)18-5-2/h8,17H,4-7H2,1-3H3,(H2,12,13,14,15,16). The molecule has 1 aromatic rings. The molecule has 1 unspecified atom stereocenters. The fraction of sp³-hybridized carbons (Fsp3) is 0.727. The molecule has 1 rings (SSSR count). The molecule has 0 aliphatic carbocycles. The van der Waals surface area contributed by atoms with Crippen LogP contribution in [0.4, 0.5) is 11.9 Å². The van der Waals surface area contributed by atoms with Gasteiger partial charge in [-0.1, -0.05) is 13.3 Å². The molecule has 0 saturated heterocycles. The van der Waals surface area contributed by atoms with Crippen molar-refractivity contribution < 1.29 is 9.84 Å². The Balaban J connectivity index is 2.65. The molecule has 18 heavy (non-hydrogen) atoms. The second-order valence-electron chi connectivity index (χ2n) is 3.77. The van der Waals surface area contributed by atoms with Crippen LogP contribution in [-0.2, 0) is 0 Å². The molecule has 0 aromatic carbocycles. The van der Waals surface area contributed by atoms with E-state index < -0.39 is 6.10 Å². The molecule has 7 nitrogen and oxygen atoms in total. The molecule has 0 saturated carbocycles. The van der Waals surface area contributed by atoms with Crippen molar-refractivity contribution >= 4 is 11.9 Å². The third-order valence-electron chi connectivity index (χ3n) is 2.23. The van der Waals surface area contributed by atoms with Crippen LogP contribution in [0, 0.1) is 0 Å². The number of aromatic nitrogens is 3. The lowest BCUT2D eigenvalue weighted by Gasteiger charge is -2.11. The van der Waals surface area contributed by atoms with Crippen molar-refractivity contribution in [3.05, 3.63) is 0 Å².